The summed E-state index contributed by atoms with van der Waals surface area (Å²) in [5.74, 6) is 0. The van der Waals surface area contributed by atoms with E-state index in [1.807, 2.05) is 11.6 Å². The minimum atomic E-state index is -4.71. The summed E-state index contributed by atoms with van der Waals surface area (Å²) in [6.07, 6.45) is -3.97. The molecule has 1 amide bonds. The maximum Gasteiger partial charge on any atom is 0.437 e. The van der Waals surface area contributed by atoms with E-state index in [4.69, 9.17) is 0 Å². The van der Waals surface area contributed by atoms with Crippen LogP contribution in [0.3, 0.4) is 0 Å². The number of oxime groups is 1. The van der Waals surface area contributed by atoms with Crippen molar-refractivity contribution in [3.63, 3.8) is 0 Å². The number of carbonyl (C=O) groups is 1. The highest BCUT2D eigenvalue weighted by atomic mass is 32.2. The standard InChI is InChI=1S/C11H11F3N2O2S/c1-15-10(17)18-16-9(11(12,13)14)7-3-5-8(19-2)6-4-7/h3-6H,1-2H3,(H,15,17)/b16-9-. The number of nitrogens with zero attached hydrogens (tertiary/aromatic N) is 1. The number of amides is 1. The smallest absolute Gasteiger partial charge is 0.323 e. The van der Waals surface area contributed by atoms with Crippen LogP contribution in [0.15, 0.2) is 34.3 Å². The topological polar surface area (TPSA) is 50.7 Å². The summed E-state index contributed by atoms with van der Waals surface area (Å²) >= 11 is 1.40. The van der Waals surface area contributed by atoms with E-state index < -0.39 is 18.0 Å². The molecule has 0 spiro atoms. The third-order valence-electron chi connectivity index (χ3n) is 2.06. The highest BCUT2D eigenvalue weighted by Crippen LogP contribution is 2.24. The molecule has 0 aliphatic carbocycles. The van der Waals surface area contributed by atoms with E-state index >= 15 is 0 Å². The van der Waals surface area contributed by atoms with E-state index in [0.717, 1.165) is 4.90 Å². The molecule has 0 aromatic heterocycles. The number of rotatable bonds is 3. The molecule has 0 radical (unpaired) electrons. The van der Waals surface area contributed by atoms with Crippen LogP contribution >= 0.6 is 11.8 Å². The number of carbonyl (C=O) groups excluding carboxylic acids is 1. The Morgan fingerprint density at radius 2 is 1.89 bits per heavy atom. The van der Waals surface area contributed by atoms with Gasteiger partial charge in [0.25, 0.3) is 0 Å². The first-order valence-electron chi connectivity index (χ1n) is 5.07. The van der Waals surface area contributed by atoms with Crippen molar-refractivity contribution in [3.05, 3.63) is 29.8 Å². The molecular weight excluding hydrogens is 281 g/mol. The summed E-state index contributed by atoms with van der Waals surface area (Å²) in [6.45, 7) is 0. The van der Waals surface area contributed by atoms with Crippen molar-refractivity contribution < 1.29 is 22.8 Å². The van der Waals surface area contributed by atoms with Gasteiger partial charge in [-0.1, -0.05) is 17.3 Å². The van der Waals surface area contributed by atoms with Gasteiger partial charge in [-0.3, -0.25) is 4.84 Å². The summed E-state index contributed by atoms with van der Waals surface area (Å²) < 4.78 is 38.4. The first-order chi connectivity index (χ1) is 8.88. The predicted molar refractivity (Wildman–Crippen MR) is 66.4 cm³/mol. The van der Waals surface area contributed by atoms with Gasteiger partial charge in [0.2, 0.25) is 0 Å². The second-order valence-corrected chi connectivity index (χ2v) is 4.17. The minimum Gasteiger partial charge on any atom is -0.323 e. The Labute approximate surface area is 112 Å². The second kappa shape index (κ2) is 6.46. The minimum absolute atomic E-state index is 0.172. The number of halogens is 3. The molecule has 0 saturated carbocycles. The van der Waals surface area contributed by atoms with E-state index in [9.17, 15) is 18.0 Å². The van der Waals surface area contributed by atoms with E-state index in [1.54, 1.807) is 0 Å². The largest absolute Gasteiger partial charge is 0.437 e. The summed E-state index contributed by atoms with van der Waals surface area (Å²) in [4.78, 5) is 15.7. The Morgan fingerprint density at radius 1 is 1.32 bits per heavy atom. The van der Waals surface area contributed by atoms with Gasteiger partial charge < -0.3 is 5.32 Å². The van der Waals surface area contributed by atoms with Gasteiger partial charge in [0.15, 0.2) is 5.71 Å². The van der Waals surface area contributed by atoms with Crippen LogP contribution in [-0.4, -0.2) is 31.3 Å². The van der Waals surface area contributed by atoms with Crippen molar-refractivity contribution in [2.45, 2.75) is 11.1 Å². The molecule has 0 bridgehead atoms. The van der Waals surface area contributed by atoms with Crippen LogP contribution in [0.1, 0.15) is 5.56 Å². The fourth-order valence-electron chi connectivity index (χ4n) is 1.15. The first kappa shape index (κ1) is 15.4. The van der Waals surface area contributed by atoms with Gasteiger partial charge in [-0.2, -0.15) is 13.2 Å². The Balaban J connectivity index is 3.06. The van der Waals surface area contributed by atoms with Gasteiger partial charge in [-0.25, -0.2) is 4.79 Å². The lowest BCUT2D eigenvalue weighted by molar-refractivity contribution is -0.0602. The van der Waals surface area contributed by atoms with E-state index in [1.165, 1.54) is 43.1 Å². The maximum atomic E-state index is 12.8. The summed E-state index contributed by atoms with van der Waals surface area (Å²) in [5.41, 5.74) is -1.43. The molecule has 19 heavy (non-hydrogen) atoms. The molecule has 8 heteroatoms. The normalized spacial score (nSPS) is 12.2. The van der Waals surface area contributed by atoms with E-state index in [2.05, 4.69) is 9.99 Å². The molecule has 0 aliphatic rings. The molecule has 0 heterocycles. The van der Waals surface area contributed by atoms with Gasteiger partial charge in [-0.15, -0.1) is 11.8 Å². The zero-order valence-corrected chi connectivity index (χ0v) is 10.9. The average molecular weight is 292 g/mol. The van der Waals surface area contributed by atoms with Gasteiger partial charge in [-0.05, 0) is 18.4 Å². The van der Waals surface area contributed by atoms with Crippen LogP contribution in [0.5, 0.6) is 0 Å². The Hall–Kier alpha value is -1.70. The lowest BCUT2D eigenvalue weighted by Crippen LogP contribution is -2.26. The van der Waals surface area contributed by atoms with E-state index in [-0.39, 0.29) is 5.56 Å². The van der Waals surface area contributed by atoms with Crippen molar-refractivity contribution in [1.82, 2.24) is 5.32 Å². The molecule has 1 aromatic rings. The number of hydrogen-bond acceptors (Lipinski definition) is 4. The SMILES string of the molecule is CNC(=O)O/N=C(/c1ccc(SC)cc1)C(F)(F)F. The number of nitrogens with one attached hydrogen (secondary N) is 1. The molecular formula is C11H11F3N2O2S. The zero-order chi connectivity index (χ0) is 14.5. The van der Waals surface area contributed by atoms with Gasteiger partial charge >= 0.3 is 12.3 Å². The molecule has 0 saturated heterocycles. The first-order valence-corrected chi connectivity index (χ1v) is 6.29. The third-order valence-corrected chi connectivity index (χ3v) is 2.80. The fourth-order valence-corrected chi connectivity index (χ4v) is 1.56. The molecule has 1 rings (SSSR count). The Kier molecular flexibility index (Phi) is 5.22. The van der Waals surface area contributed by atoms with Crippen LogP contribution in [0.25, 0.3) is 0 Å². The Morgan fingerprint density at radius 3 is 2.32 bits per heavy atom. The van der Waals surface area contributed by atoms with Gasteiger partial charge in [0, 0.05) is 17.5 Å². The number of thioether (sulfide) groups is 1. The molecule has 0 fully saturated rings. The fraction of sp³-hybridized carbons (Fsp3) is 0.273. The number of benzene rings is 1. The van der Waals surface area contributed by atoms with Crippen molar-refractivity contribution in [1.29, 1.82) is 0 Å². The Bertz CT molecular complexity index is 472. The van der Waals surface area contributed by atoms with Crippen molar-refractivity contribution in [3.8, 4) is 0 Å². The van der Waals surface area contributed by atoms with Crippen molar-refractivity contribution >= 4 is 23.6 Å². The van der Waals surface area contributed by atoms with Crippen LogP contribution in [0.4, 0.5) is 18.0 Å². The maximum absolute atomic E-state index is 12.8. The molecule has 1 aromatic carbocycles. The van der Waals surface area contributed by atoms with Crippen LogP contribution in [0.2, 0.25) is 0 Å². The molecule has 104 valence electrons. The lowest BCUT2D eigenvalue weighted by Gasteiger charge is -2.10. The number of alkyl halides is 3. The van der Waals surface area contributed by atoms with Crippen LogP contribution in [0, 0.1) is 0 Å². The molecule has 0 aliphatic heterocycles. The highest BCUT2D eigenvalue weighted by Gasteiger charge is 2.38. The molecule has 1 N–H and O–H groups in total. The van der Waals surface area contributed by atoms with Crippen LogP contribution < -0.4 is 5.32 Å². The lowest BCUT2D eigenvalue weighted by atomic mass is 10.1. The average Bonchev–Trinajstić information content (AvgIpc) is 2.37. The quantitative estimate of drug-likeness (QED) is 0.403. The predicted octanol–water partition coefficient (Wildman–Crippen LogP) is 3.03. The molecule has 0 atom stereocenters. The molecule has 0 unspecified atom stereocenters. The van der Waals surface area contributed by atoms with Crippen LogP contribution in [-0.2, 0) is 4.84 Å². The summed E-state index contributed by atoms with van der Waals surface area (Å²) in [6, 6.07) is 5.60. The highest BCUT2D eigenvalue weighted by molar-refractivity contribution is 7.98. The summed E-state index contributed by atoms with van der Waals surface area (Å²) in [5, 5.41) is 4.87. The van der Waals surface area contributed by atoms with E-state index in [0.29, 0.717) is 0 Å². The second-order valence-electron chi connectivity index (χ2n) is 3.29. The van der Waals surface area contributed by atoms with Gasteiger partial charge in [0.1, 0.15) is 0 Å². The van der Waals surface area contributed by atoms with Crippen molar-refractivity contribution in [2.75, 3.05) is 13.3 Å². The number of hydrogen-bond donors (Lipinski definition) is 1. The molecule has 4 nitrogen and oxygen atoms in total. The monoisotopic (exact) mass is 292 g/mol. The zero-order valence-electron chi connectivity index (χ0n) is 10.1. The van der Waals surface area contributed by atoms with Gasteiger partial charge in [0.05, 0.1) is 0 Å². The third kappa shape index (κ3) is 4.47. The summed E-state index contributed by atoms with van der Waals surface area (Å²) in [7, 11) is 1.22. The van der Waals surface area contributed by atoms with Crippen molar-refractivity contribution in [2.24, 2.45) is 5.16 Å².